The van der Waals surface area contributed by atoms with Crippen molar-refractivity contribution < 1.29 is 9.53 Å². The molecule has 7 heteroatoms. The van der Waals surface area contributed by atoms with Crippen LogP contribution < -0.4 is 0 Å². The Bertz CT molecular complexity index is 1130. The Morgan fingerprint density at radius 1 is 1.17 bits per heavy atom. The molecule has 30 heavy (non-hydrogen) atoms. The molecular weight excluding hydrogens is 443 g/mol. The normalized spacial score (nSPS) is 27.6. The number of hydrogen-bond donors (Lipinski definition) is 0. The zero-order valence-corrected chi connectivity index (χ0v) is 18.6. The highest BCUT2D eigenvalue weighted by Crippen LogP contribution is 2.41. The summed E-state index contributed by atoms with van der Waals surface area (Å²) in [6.07, 6.45) is 9.55. The van der Waals surface area contributed by atoms with E-state index in [4.69, 9.17) is 44.5 Å². The van der Waals surface area contributed by atoms with Gasteiger partial charge in [0, 0.05) is 40.3 Å². The van der Waals surface area contributed by atoms with Crippen LogP contribution in [-0.2, 0) is 11.3 Å². The molecular formula is C23H21Cl3N2O2. The van der Waals surface area contributed by atoms with Crippen LogP contribution in [0.3, 0.4) is 0 Å². The van der Waals surface area contributed by atoms with Gasteiger partial charge in [-0.3, -0.25) is 4.79 Å². The van der Waals surface area contributed by atoms with Crippen molar-refractivity contribution in [2.24, 2.45) is 5.92 Å². The van der Waals surface area contributed by atoms with E-state index in [1.54, 1.807) is 6.07 Å². The van der Waals surface area contributed by atoms with Gasteiger partial charge in [-0.05, 0) is 50.3 Å². The summed E-state index contributed by atoms with van der Waals surface area (Å²) in [7, 11) is 0. The second-order valence-electron chi connectivity index (χ2n) is 7.98. The predicted molar refractivity (Wildman–Crippen MR) is 120 cm³/mol. The van der Waals surface area contributed by atoms with Gasteiger partial charge in [0.1, 0.15) is 17.4 Å². The molecule has 0 saturated heterocycles. The molecule has 5 rings (SSSR count). The summed E-state index contributed by atoms with van der Waals surface area (Å²) in [5, 5.41) is 1.95. The summed E-state index contributed by atoms with van der Waals surface area (Å²) in [4.78, 5) is 17.9. The lowest BCUT2D eigenvalue weighted by molar-refractivity contribution is 0.0805. The monoisotopic (exact) mass is 462 g/mol. The molecule has 1 atom stereocenters. The maximum atomic E-state index is 13.0. The molecule has 0 amide bonds. The van der Waals surface area contributed by atoms with Crippen LogP contribution in [0.25, 0.3) is 11.0 Å². The van der Waals surface area contributed by atoms with Gasteiger partial charge in [0.2, 0.25) is 0 Å². The maximum Gasteiger partial charge on any atom is 0.168 e. The van der Waals surface area contributed by atoms with E-state index in [0.717, 1.165) is 54.1 Å². The zero-order chi connectivity index (χ0) is 20.8. The molecule has 1 aromatic carbocycles. The molecule has 1 saturated carbocycles. The Balaban J connectivity index is 1.70. The third kappa shape index (κ3) is 3.64. The number of fused-ring (bicyclic) bond motifs is 3. The van der Waals surface area contributed by atoms with Gasteiger partial charge >= 0.3 is 0 Å². The highest BCUT2D eigenvalue weighted by Gasteiger charge is 2.35. The van der Waals surface area contributed by atoms with Crippen LogP contribution >= 0.6 is 34.8 Å². The standard InChI is InChI=1S/C23H21Cl3N2O2/c24-14-3-1-4-17(25)15(8-7-14)22-23-27-19-18(26)10-9-16(21(29)13-5-6-13)20(19)28(23)11-2-12-30-22/h4,7-10,13,22H,1-3,5-6,11-12H2/b14-7+,15-8+,17-4+. The molecule has 1 fully saturated rings. The number of carbonyl (C=O) groups is 1. The fourth-order valence-corrected chi connectivity index (χ4v) is 4.79. The number of imidazole rings is 1. The molecule has 0 spiro atoms. The van der Waals surface area contributed by atoms with Crippen molar-refractivity contribution in [3.05, 3.63) is 62.4 Å². The largest absolute Gasteiger partial charge is 0.365 e. The second kappa shape index (κ2) is 8.16. The molecule has 156 valence electrons. The molecule has 0 radical (unpaired) electrons. The fraction of sp³-hybridized carbons (Fsp3) is 0.391. The molecule has 1 aromatic heterocycles. The van der Waals surface area contributed by atoms with Gasteiger partial charge in [-0.25, -0.2) is 4.98 Å². The SMILES string of the molecule is O=C(c1ccc(Cl)c2nc3n(c12)CCCOC3C1=C/C=C(/Cl)CC/C=C\1Cl)C1CC1. The average molecular weight is 464 g/mol. The topological polar surface area (TPSA) is 44.1 Å². The van der Waals surface area contributed by atoms with E-state index >= 15 is 0 Å². The van der Waals surface area contributed by atoms with Gasteiger partial charge in [0.05, 0.1) is 10.5 Å². The Morgan fingerprint density at radius 2 is 2.00 bits per heavy atom. The first kappa shape index (κ1) is 20.3. The Kier molecular flexibility index (Phi) is 5.53. The lowest BCUT2D eigenvalue weighted by atomic mass is 10.0. The first-order valence-electron chi connectivity index (χ1n) is 10.3. The minimum absolute atomic E-state index is 0.122. The summed E-state index contributed by atoms with van der Waals surface area (Å²) < 4.78 is 8.32. The van der Waals surface area contributed by atoms with Crippen LogP contribution in [0.4, 0.5) is 0 Å². The van der Waals surface area contributed by atoms with Crippen LogP contribution in [0.1, 0.15) is 54.4 Å². The van der Waals surface area contributed by atoms with Crippen molar-refractivity contribution in [2.45, 2.75) is 44.8 Å². The van der Waals surface area contributed by atoms with Crippen LogP contribution in [0.15, 0.2) is 46.0 Å². The Labute approximate surface area is 190 Å². The molecule has 0 bridgehead atoms. The summed E-state index contributed by atoms with van der Waals surface area (Å²) in [5.74, 6) is 1.03. The minimum Gasteiger partial charge on any atom is -0.365 e. The van der Waals surface area contributed by atoms with Crippen molar-refractivity contribution in [1.82, 2.24) is 9.55 Å². The third-order valence-corrected chi connectivity index (χ3v) is 6.83. The summed E-state index contributed by atoms with van der Waals surface area (Å²) in [6, 6.07) is 3.61. The number of aromatic nitrogens is 2. The first-order chi connectivity index (χ1) is 14.5. The van der Waals surface area contributed by atoms with Crippen LogP contribution in [-0.4, -0.2) is 21.9 Å². The smallest absolute Gasteiger partial charge is 0.168 e. The number of benzene rings is 1. The predicted octanol–water partition coefficient (Wildman–Crippen LogP) is 6.71. The van der Waals surface area contributed by atoms with Crippen molar-refractivity contribution in [2.75, 3.05) is 6.61 Å². The van der Waals surface area contributed by atoms with Crippen molar-refractivity contribution in [3.63, 3.8) is 0 Å². The van der Waals surface area contributed by atoms with Gasteiger partial charge in [0.25, 0.3) is 0 Å². The van der Waals surface area contributed by atoms with Crippen molar-refractivity contribution >= 4 is 51.6 Å². The summed E-state index contributed by atoms with van der Waals surface area (Å²) in [6.45, 7) is 1.28. The zero-order valence-electron chi connectivity index (χ0n) is 16.3. The number of nitrogens with zero attached hydrogens (tertiary/aromatic N) is 2. The van der Waals surface area contributed by atoms with E-state index in [1.807, 2.05) is 24.3 Å². The number of allylic oxidation sites excluding steroid dienone is 4. The van der Waals surface area contributed by atoms with Crippen LogP contribution in [0, 0.1) is 5.92 Å². The van der Waals surface area contributed by atoms with Gasteiger partial charge in [-0.2, -0.15) is 0 Å². The number of ether oxygens (including phenoxy) is 1. The molecule has 1 aliphatic heterocycles. The van der Waals surface area contributed by atoms with E-state index in [-0.39, 0.29) is 11.7 Å². The molecule has 1 unspecified atom stereocenters. The van der Waals surface area contributed by atoms with E-state index in [0.29, 0.717) is 34.3 Å². The number of halogens is 3. The van der Waals surface area contributed by atoms with Crippen molar-refractivity contribution in [3.8, 4) is 0 Å². The van der Waals surface area contributed by atoms with E-state index < -0.39 is 6.10 Å². The highest BCUT2D eigenvalue weighted by molar-refractivity contribution is 6.35. The molecule has 2 heterocycles. The Morgan fingerprint density at radius 3 is 2.80 bits per heavy atom. The van der Waals surface area contributed by atoms with Gasteiger partial charge in [-0.15, -0.1) is 0 Å². The quantitative estimate of drug-likeness (QED) is 0.475. The lowest BCUT2D eigenvalue weighted by Crippen LogP contribution is -2.12. The maximum absolute atomic E-state index is 13.0. The molecule has 2 aliphatic carbocycles. The van der Waals surface area contributed by atoms with Gasteiger partial charge in [-0.1, -0.05) is 47.0 Å². The van der Waals surface area contributed by atoms with Crippen LogP contribution in [0.5, 0.6) is 0 Å². The van der Waals surface area contributed by atoms with E-state index in [2.05, 4.69) is 4.57 Å². The molecule has 2 aromatic rings. The summed E-state index contributed by atoms with van der Waals surface area (Å²) >= 11 is 19.4. The average Bonchev–Trinajstić information content (AvgIpc) is 3.52. The lowest BCUT2D eigenvalue weighted by Gasteiger charge is -2.19. The third-order valence-electron chi connectivity index (χ3n) is 5.84. The summed E-state index contributed by atoms with van der Waals surface area (Å²) in [5.41, 5.74) is 2.98. The van der Waals surface area contributed by atoms with E-state index in [9.17, 15) is 4.79 Å². The highest BCUT2D eigenvalue weighted by atomic mass is 35.5. The number of Topliss-reactive ketones (excluding diaryl/α,β-unsaturated/α-hetero) is 1. The molecule has 3 aliphatic rings. The minimum atomic E-state index is -0.456. The number of rotatable bonds is 3. The van der Waals surface area contributed by atoms with Gasteiger partial charge < -0.3 is 9.30 Å². The van der Waals surface area contributed by atoms with Gasteiger partial charge in [0.15, 0.2) is 5.78 Å². The van der Waals surface area contributed by atoms with Crippen LogP contribution in [0.2, 0.25) is 5.02 Å². The first-order valence-corrected chi connectivity index (χ1v) is 11.4. The van der Waals surface area contributed by atoms with Crippen molar-refractivity contribution in [1.29, 1.82) is 0 Å². The molecule has 0 N–H and O–H groups in total. The number of carbonyl (C=O) groups excluding carboxylic acids is 1. The number of hydrogen-bond acceptors (Lipinski definition) is 3. The second-order valence-corrected chi connectivity index (χ2v) is 9.28. The number of aryl methyl sites for hydroxylation is 1. The van der Waals surface area contributed by atoms with E-state index in [1.165, 1.54) is 0 Å². The fourth-order valence-electron chi connectivity index (χ4n) is 4.15. The number of ketones is 1. The Hall–Kier alpha value is -1.59. The molecule has 4 nitrogen and oxygen atoms in total.